The number of nitrogens with zero attached hydrogens (tertiary/aromatic N) is 1. The van der Waals surface area contributed by atoms with Crippen molar-refractivity contribution >= 4 is 0 Å². The van der Waals surface area contributed by atoms with Crippen molar-refractivity contribution in [3.63, 3.8) is 0 Å². The molecule has 0 saturated carbocycles. The van der Waals surface area contributed by atoms with Gasteiger partial charge in [-0.3, -0.25) is 4.90 Å². The fraction of sp³-hybridized carbons (Fsp3) is 0.600. The Hall–Kier alpha value is -1.26. The Balaban J connectivity index is 1.92. The first-order valence-electron chi connectivity index (χ1n) is 6.95. The number of phenolic OH excluding ortho intramolecular Hbond substituents is 1. The Morgan fingerprint density at radius 3 is 2.68 bits per heavy atom. The van der Waals surface area contributed by atoms with Gasteiger partial charge in [-0.05, 0) is 18.2 Å². The Kier molecular flexibility index (Phi) is 3.15. The molecule has 0 bridgehead atoms. The molecule has 0 spiro atoms. The highest BCUT2D eigenvalue weighted by atomic mass is 16.5. The van der Waals surface area contributed by atoms with Gasteiger partial charge < -0.3 is 14.6 Å². The van der Waals surface area contributed by atoms with Crippen LogP contribution in [-0.4, -0.2) is 42.0 Å². The third-order valence-electron chi connectivity index (χ3n) is 4.22. The molecule has 4 heteroatoms. The maximum Gasteiger partial charge on any atom is 0.170 e. The van der Waals surface area contributed by atoms with Crippen LogP contribution in [0.1, 0.15) is 19.4 Å². The van der Waals surface area contributed by atoms with Crippen LogP contribution in [0.25, 0.3) is 0 Å². The average Bonchev–Trinajstić information content (AvgIpc) is 2.79. The lowest BCUT2D eigenvalue weighted by Gasteiger charge is -2.44. The predicted molar refractivity (Wildman–Crippen MR) is 72.4 cm³/mol. The first-order chi connectivity index (χ1) is 9.12. The summed E-state index contributed by atoms with van der Waals surface area (Å²) < 4.78 is 11.8. The van der Waals surface area contributed by atoms with Gasteiger partial charge >= 0.3 is 0 Å². The molecule has 3 rings (SSSR count). The number of hydrogen-bond donors (Lipinski definition) is 1. The van der Waals surface area contributed by atoms with Crippen LogP contribution in [0.15, 0.2) is 18.2 Å². The highest BCUT2D eigenvalue weighted by molar-refractivity contribution is 5.44. The first kappa shape index (κ1) is 12.8. The predicted octanol–water partition coefficient (Wildman–Crippen LogP) is 2.01. The zero-order chi connectivity index (χ0) is 13.5. The first-order valence-corrected chi connectivity index (χ1v) is 6.95. The van der Waals surface area contributed by atoms with Crippen LogP contribution >= 0.6 is 0 Å². The Morgan fingerprint density at radius 1 is 1.26 bits per heavy atom. The van der Waals surface area contributed by atoms with Gasteiger partial charge in [-0.2, -0.15) is 0 Å². The van der Waals surface area contributed by atoms with Crippen molar-refractivity contribution in [3.05, 3.63) is 23.8 Å². The smallest absolute Gasteiger partial charge is 0.170 e. The zero-order valence-electron chi connectivity index (χ0n) is 11.6. The summed E-state index contributed by atoms with van der Waals surface area (Å²) in [6.45, 7) is 7.72. The molecular formula is C15H21NO3. The van der Waals surface area contributed by atoms with Gasteiger partial charge in [0.05, 0.1) is 13.2 Å². The van der Waals surface area contributed by atoms with Gasteiger partial charge in [0.2, 0.25) is 0 Å². The van der Waals surface area contributed by atoms with Crippen molar-refractivity contribution in [1.29, 1.82) is 0 Å². The molecule has 1 atom stereocenters. The molecule has 1 aromatic rings. The molecule has 1 aromatic carbocycles. The lowest BCUT2D eigenvalue weighted by molar-refractivity contribution is -0.137. The number of morpholine rings is 1. The minimum atomic E-state index is -0.292. The van der Waals surface area contributed by atoms with E-state index < -0.39 is 0 Å². The van der Waals surface area contributed by atoms with Crippen LogP contribution in [0, 0.1) is 5.92 Å². The molecule has 1 fully saturated rings. The number of hydrogen-bond acceptors (Lipinski definition) is 4. The molecule has 1 unspecified atom stereocenters. The van der Waals surface area contributed by atoms with Crippen LogP contribution in [-0.2, 0) is 11.2 Å². The van der Waals surface area contributed by atoms with Gasteiger partial charge in [0.1, 0.15) is 11.5 Å². The van der Waals surface area contributed by atoms with Crippen molar-refractivity contribution in [2.75, 3.05) is 26.3 Å². The second-order valence-electron chi connectivity index (χ2n) is 5.67. The molecule has 104 valence electrons. The van der Waals surface area contributed by atoms with E-state index in [4.69, 9.17) is 9.47 Å². The molecule has 1 saturated heterocycles. The maximum atomic E-state index is 9.63. The van der Waals surface area contributed by atoms with E-state index in [1.807, 2.05) is 12.1 Å². The number of aromatic hydroxyl groups is 1. The van der Waals surface area contributed by atoms with E-state index in [2.05, 4.69) is 18.7 Å². The lowest BCUT2D eigenvalue weighted by atomic mass is 9.92. The van der Waals surface area contributed by atoms with E-state index in [1.54, 1.807) is 6.07 Å². The summed E-state index contributed by atoms with van der Waals surface area (Å²) in [6, 6.07) is 5.38. The minimum Gasteiger partial charge on any atom is -0.508 e. The Labute approximate surface area is 113 Å². The van der Waals surface area contributed by atoms with Crippen molar-refractivity contribution in [1.82, 2.24) is 4.90 Å². The summed E-state index contributed by atoms with van der Waals surface area (Å²) in [4.78, 5) is 2.39. The van der Waals surface area contributed by atoms with Crippen LogP contribution in [0.5, 0.6) is 11.5 Å². The Morgan fingerprint density at radius 2 is 2.00 bits per heavy atom. The van der Waals surface area contributed by atoms with Gasteiger partial charge in [-0.1, -0.05) is 13.8 Å². The third kappa shape index (κ3) is 2.09. The van der Waals surface area contributed by atoms with Crippen molar-refractivity contribution in [2.24, 2.45) is 5.92 Å². The maximum absolute atomic E-state index is 9.63. The van der Waals surface area contributed by atoms with E-state index in [1.165, 1.54) is 0 Å². The van der Waals surface area contributed by atoms with Crippen LogP contribution in [0.2, 0.25) is 0 Å². The zero-order valence-corrected chi connectivity index (χ0v) is 11.6. The number of rotatable bonds is 2. The summed E-state index contributed by atoms with van der Waals surface area (Å²) in [6.07, 6.45) is 0.828. The SMILES string of the molecule is CC(C)C1(N2CCOCC2)Cc2cc(O)ccc2O1. The van der Waals surface area contributed by atoms with Crippen molar-refractivity contribution in [3.8, 4) is 11.5 Å². The normalized spacial score (nSPS) is 27.3. The molecule has 1 N–H and O–H groups in total. The second kappa shape index (κ2) is 4.69. The number of phenols is 1. The fourth-order valence-electron chi connectivity index (χ4n) is 3.11. The van der Waals surface area contributed by atoms with Crippen LogP contribution in [0.4, 0.5) is 0 Å². The second-order valence-corrected chi connectivity index (χ2v) is 5.67. The van der Waals surface area contributed by atoms with Gasteiger partial charge in [-0.25, -0.2) is 0 Å². The molecule has 4 nitrogen and oxygen atoms in total. The summed E-state index contributed by atoms with van der Waals surface area (Å²) >= 11 is 0. The molecule has 0 aromatic heterocycles. The molecule has 2 heterocycles. The Bertz CT molecular complexity index is 468. The van der Waals surface area contributed by atoms with E-state index in [-0.39, 0.29) is 5.72 Å². The fourth-order valence-corrected chi connectivity index (χ4v) is 3.11. The molecular weight excluding hydrogens is 242 g/mol. The number of ether oxygens (including phenoxy) is 2. The van der Waals surface area contributed by atoms with Crippen molar-refractivity contribution < 1.29 is 14.6 Å². The topological polar surface area (TPSA) is 41.9 Å². The monoisotopic (exact) mass is 263 g/mol. The van der Waals surface area contributed by atoms with E-state index in [0.717, 1.165) is 44.0 Å². The number of benzene rings is 1. The summed E-state index contributed by atoms with van der Waals surface area (Å²) in [5.74, 6) is 1.59. The molecule has 2 aliphatic heterocycles. The highest BCUT2D eigenvalue weighted by Gasteiger charge is 2.47. The van der Waals surface area contributed by atoms with Gasteiger partial charge in [-0.15, -0.1) is 0 Å². The number of fused-ring (bicyclic) bond motifs is 1. The highest BCUT2D eigenvalue weighted by Crippen LogP contribution is 2.42. The largest absolute Gasteiger partial charge is 0.508 e. The quantitative estimate of drug-likeness (QED) is 0.886. The summed E-state index contributed by atoms with van der Waals surface area (Å²) in [7, 11) is 0. The van der Waals surface area contributed by atoms with E-state index in [9.17, 15) is 5.11 Å². The lowest BCUT2D eigenvalue weighted by Crippen LogP contribution is -2.59. The van der Waals surface area contributed by atoms with E-state index in [0.29, 0.717) is 11.7 Å². The van der Waals surface area contributed by atoms with Crippen LogP contribution in [0.3, 0.4) is 0 Å². The van der Waals surface area contributed by atoms with Gasteiger partial charge in [0.15, 0.2) is 5.72 Å². The average molecular weight is 263 g/mol. The summed E-state index contributed by atoms with van der Waals surface area (Å²) in [5.41, 5.74) is 0.806. The molecule has 0 amide bonds. The van der Waals surface area contributed by atoms with Crippen LogP contribution < -0.4 is 4.74 Å². The molecule has 2 aliphatic rings. The minimum absolute atomic E-state index is 0.292. The standard InChI is InChI=1S/C15H21NO3/c1-11(2)15(16-5-7-18-8-6-16)10-12-9-13(17)3-4-14(12)19-15/h3-4,9,11,17H,5-8,10H2,1-2H3. The van der Waals surface area contributed by atoms with Gasteiger partial charge in [0, 0.05) is 31.0 Å². The molecule has 0 radical (unpaired) electrons. The van der Waals surface area contributed by atoms with Crippen molar-refractivity contribution in [2.45, 2.75) is 26.0 Å². The molecule has 0 aliphatic carbocycles. The van der Waals surface area contributed by atoms with E-state index >= 15 is 0 Å². The summed E-state index contributed by atoms with van der Waals surface area (Å²) in [5, 5.41) is 9.63. The van der Waals surface area contributed by atoms with Gasteiger partial charge in [0.25, 0.3) is 0 Å². The third-order valence-corrected chi connectivity index (χ3v) is 4.22. The molecule has 19 heavy (non-hydrogen) atoms.